The zero-order valence-electron chi connectivity index (χ0n) is 30.0. The van der Waals surface area contributed by atoms with Gasteiger partial charge in [0.25, 0.3) is 0 Å². The summed E-state index contributed by atoms with van der Waals surface area (Å²) in [6, 6.07) is 39.1. The van der Waals surface area contributed by atoms with Crippen molar-refractivity contribution in [1.29, 1.82) is 0 Å². The second-order valence-electron chi connectivity index (χ2n) is 14.7. The Morgan fingerprint density at radius 3 is 2.02 bits per heavy atom. The second kappa shape index (κ2) is 16.0. The van der Waals surface area contributed by atoms with Crippen molar-refractivity contribution in [2.24, 2.45) is 11.8 Å². The molecule has 2 saturated carbocycles. The summed E-state index contributed by atoms with van der Waals surface area (Å²) < 4.78 is 28.7. The Morgan fingerprint density at radius 2 is 1.33 bits per heavy atom. The van der Waals surface area contributed by atoms with Crippen molar-refractivity contribution in [1.82, 2.24) is 19.5 Å². The van der Waals surface area contributed by atoms with Gasteiger partial charge in [0, 0.05) is 17.0 Å². The highest BCUT2D eigenvalue weighted by Gasteiger charge is 2.50. The number of nitrogens with one attached hydrogen (secondary N) is 1. The quantitative estimate of drug-likeness (QED) is 0.119. The fraction of sp³-hybridized carbons (Fsp3) is 0.341. The van der Waals surface area contributed by atoms with Gasteiger partial charge in [0.15, 0.2) is 23.2 Å². The first kappa shape index (κ1) is 35.1. The van der Waals surface area contributed by atoms with Crippen LogP contribution >= 0.6 is 11.6 Å². The average molecular weight is 742 g/mol. The Labute approximate surface area is 320 Å². The average Bonchev–Trinajstić information content (AvgIpc) is 4.01. The van der Waals surface area contributed by atoms with Gasteiger partial charge in [0.2, 0.25) is 0 Å². The van der Waals surface area contributed by atoms with Crippen molar-refractivity contribution in [2.45, 2.75) is 75.6 Å². The second-order valence-corrected chi connectivity index (χ2v) is 15.2. The van der Waals surface area contributed by atoms with Gasteiger partial charge in [-0.15, -0.1) is 0 Å². The lowest BCUT2D eigenvalue weighted by atomic mass is 9.80. The molecular weight excluding hydrogens is 698 g/mol. The van der Waals surface area contributed by atoms with Crippen LogP contribution in [0.1, 0.15) is 53.7 Å². The van der Waals surface area contributed by atoms with Crippen LogP contribution < -0.4 is 5.32 Å². The van der Waals surface area contributed by atoms with Crippen LogP contribution in [0.4, 0.5) is 5.82 Å². The first-order valence-corrected chi connectivity index (χ1v) is 19.3. The molecule has 4 aromatic carbocycles. The molecular formula is C44H44ClN5O4. The molecule has 2 aromatic heterocycles. The van der Waals surface area contributed by atoms with Gasteiger partial charge in [-0.05, 0) is 65.5 Å². The van der Waals surface area contributed by atoms with E-state index in [0.717, 1.165) is 27.5 Å². The number of hydrogen-bond donors (Lipinski definition) is 1. The molecule has 0 spiro atoms. The number of hydrogen-bond acceptors (Lipinski definition) is 8. The van der Waals surface area contributed by atoms with Crippen LogP contribution in [0.5, 0.6) is 0 Å². The van der Waals surface area contributed by atoms with E-state index in [2.05, 4.69) is 53.8 Å². The highest BCUT2D eigenvalue weighted by Crippen LogP contribution is 2.54. The molecule has 8 atom stereocenters. The van der Waals surface area contributed by atoms with Gasteiger partial charge in [-0.2, -0.15) is 0 Å². The van der Waals surface area contributed by atoms with Crippen molar-refractivity contribution in [2.75, 3.05) is 11.9 Å². The summed E-state index contributed by atoms with van der Waals surface area (Å²) in [4.78, 5) is 14.5. The number of aromatic nitrogens is 4. The zero-order valence-corrected chi connectivity index (χ0v) is 30.7. The number of halogens is 1. The molecule has 1 N–H and O–H groups in total. The Balaban J connectivity index is 1.02. The van der Waals surface area contributed by atoms with Crippen molar-refractivity contribution in [3.63, 3.8) is 0 Å². The number of fused-ring (bicyclic) bond motifs is 3. The molecule has 3 fully saturated rings. The predicted octanol–water partition coefficient (Wildman–Crippen LogP) is 8.76. The molecule has 9 rings (SSSR count). The fourth-order valence-electron chi connectivity index (χ4n) is 8.81. The Morgan fingerprint density at radius 1 is 0.704 bits per heavy atom. The number of imidazole rings is 1. The van der Waals surface area contributed by atoms with Crippen LogP contribution in [-0.4, -0.2) is 50.5 Å². The first-order chi connectivity index (χ1) is 26.7. The molecule has 1 aliphatic heterocycles. The van der Waals surface area contributed by atoms with E-state index in [4.69, 9.17) is 45.5 Å². The van der Waals surface area contributed by atoms with Crippen LogP contribution in [0.15, 0.2) is 128 Å². The first-order valence-electron chi connectivity index (χ1n) is 19.0. The van der Waals surface area contributed by atoms with Crippen molar-refractivity contribution < 1.29 is 18.9 Å². The summed E-state index contributed by atoms with van der Waals surface area (Å²) in [5, 5.41) is 4.62. The van der Waals surface area contributed by atoms with E-state index in [1.165, 1.54) is 24.8 Å². The lowest BCUT2D eigenvalue weighted by Crippen LogP contribution is -2.38. The van der Waals surface area contributed by atoms with Gasteiger partial charge >= 0.3 is 0 Å². The molecule has 6 aromatic rings. The maximum atomic E-state index is 6.91. The number of anilines is 1. The fourth-order valence-corrected chi connectivity index (χ4v) is 8.94. The molecule has 9 nitrogen and oxygen atoms in total. The molecule has 54 heavy (non-hydrogen) atoms. The Bertz CT molecular complexity index is 2120. The highest BCUT2D eigenvalue weighted by molar-refractivity contribution is 6.30. The maximum absolute atomic E-state index is 6.91. The largest absolute Gasteiger partial charge is 0.374 e. The smallest absolute Gasteiger partial charge is 0.167 e. The molecule has 10 heteroatoms. The molecule has 0 radical (unpaired) electrons. The van der Waals surface area contributed by atoms with Crippen LogP contribution in [-0.2, 0) is 38.8 Å². The normalized spacial score (nSPS) is 26.1. The molecule has 0 amide bonds. The van der Waals surface area contributed by atoms with E-state index < -0.39 is 24.5 Å². The Kier molecular flexibility index (Phi) is 10.4. The molecule has 3 heterocycles. The van der Waals surface area contributed by atoms with E-state index in [0.29, 0.717) is 55.3 Å². The monoisotopic (exact) mass is 741 g/mol. The summed E-state index contributed by atoms with van der Waals surface area (Å²) >= 11 is 6.28. The molecule has 4 unspecified atom stereocenters. The van der Waals surface area contributed by atoms with Crippen molar-refractivity contribution >= 4 is 28.6 Å². The van der Waals surface area contributed by atoms with E-state index in [-0.39, 0.29) is 6.04 Å². The molecule has 2 bridgehead atoms. The highest BCUT2D eigenvalue weighted by atomic mass is 35.5. The lowest BCUT2D eigenvalue weighted by molar-refractivity contribution is -0.0913. The van der Waals surface area contributed by atoms with Gasteiger partial charge in [-0.3, -0.25) is 4.57 Å². The van der Waals surface area contributed by atoms with E-state index in [9.17, 15) is 0 Å². The van der Waals surface area contributed by atoms with Crippen LogP contribution in [0.25, 0.3) is 11.2 Å². The number of nitrogens with zero attached hydrogens (tertiary/aromatic N) is 4. The zero-order chi connectivity index (χ0) is 36.3. The summed E-state index contributed by atoms with van der Waals surface area (Å²) in [6.07, 6.45) is 5.14. The molecule has 3 aliphatic rings. The van der Waals surface area contributed by atoms with E-state index >= 15 is 0 Å². The minimum atomic E-state index is -0.586. The summed E-state index contributed by atoms with van der Waals surface area (Å²) in [5.74, 6) is 2.30. The van der Waals surface area contributed by atoms with Gasteiger partial charge in [-0.1, -0.05) is 115 Å². The topological polar surface area (TPSA) is 92.6 Å². The standard InChI is InChI=1S/C44H44ClN5O4/c45-35-20-18-32(19-21-35)37-33-16-17-34(22-33)38(37)49-42-39-43(47-27-46-42)50(28-48-39)44-41(53-25-31-14-8-3-9-15-31)40(52-24-30-12-6-2-7-13-30)36(54-44)26-51-23-29-10-4-1-5-11-29/h1-15,18-21,27-28,33-34,36-38,40-41,44H,16-17,22-26H2,(H,46,47,49)/t33?,34?,36-,37?,38?,40-,41-,44-/m1/s1. The van der Waals surface area contributed by atoms with Crippen molar-refractivity contribution in [3.8, 4) is 0 Å². The van der Waals surface area contributed by atoms with E-state index in [1.807, 2.05) is 71.3 Å². The minimum Gasteiger partial charge on any atom is -0.374 e. The maximum Gasteiger partial charge on any atom is 0.167 e. The summed E-state index contributed by atoms with van der Waals surface area (Å²) in [5.41, 5.74) is 5.92. The third-order valence-electron chi connectivity index (χ3n) is 11.4. The third kappa shape index (κ3) is 7.39. The SMILES string of the molecule is Clc1ccc(C2C3CCC(C3)C2Nc2ncnc3c2ncn3[C@@H]2O[C@H](COCc3ccccc3)[C@@H](OCc3ccccc3)[C@H]2OCc2ccccc2)cc1. The molecule has 1 saturated heterocycles. The Hall–Kier alpha value is -4.64. The van der Waals surface area contributed by atoms with Crippen molar-refractivity contribution in [3.05, 3.63) is 155 Å². The predicted molar refractivity (Wildman–Crippen MR) is 208 cm³/mol. The summed E-state index contributed by atoms with van der Waals surface area (Å²) in [7, 11) is 0. The summed E-state index contributed by atoms with van der Waals surface area (Å²) in [6.45, 7) is 1.57. The number of benzene rings is 4. The van der Waals surface area contributed by atoms with Crippen LogP contribution in [0.3, 0.4) is 0 Å². The third-order valence-corrected chi connectivity index (χ3v) is 11.6. The minimum absolute atomic E-state index is 0.236. The number of rotatable bonds is 14. The van der Waals surface area contributed by atoms with Gasteiger partial charge in [-0.25, -0.2) is 15.0 Å². The van der Waals surface area contributed by atoms with Crippen LogP contribution in [0.2, 0.25) is 5.02 Å². The van der Waals surface area contributed by atoms with Crippen LogP contribution in [0, 0.1) is 11.8 Å². The molecule has 2 aliphatic carbocycles. The number of ether oxygens (including phenoxy) is 4. The lowest BCUT2D eigenvalue weighted by Gasteiger charge is -2.32. The van der Waals surface area contributed by atoms with Gasteiger partial charge in [0.1, 0.15) is 24.6 Å². The van der Waals surface area contributed by atoms with Gasteiger partial charge < -0.3 is 24.3 Å². The molecule has 276 valence electrons. The van der Waals surface area contributed by atoms with Gasteiger partial charge in [0.05, 0.1) is 32.8 Å². The van der Waals surface area contributed by atoms with E-state index in [1.54, 1.807) is 12.7 Å².